The number of alkyl halides is 1. The molecule has 1 fully saturated rings. The summed E-state index contributed by atoms with van der Waals surface area (Å²) in [5.41, 5.74) is 4.86. The van der Waals surface area contributed by atoms with Gasteiger partial charge in [0.2, 0.25) is 0 Å². The fourth-order valence-corrected chi connectivity index (χ4v) is 2.22. The van der Waals surface area contributed by atoms with Crippen LogP contribution in [0.15, 0.2) is 30.3 Å². The first-order valence-electron chi connectivity index (χ1n) is 6.48. The number of halogens is 1. The Morgan fingerprint density at radius 1 is 1.42 bits per heavy atom. The first kappa shape index (κ1) is 13.8. The lowest BCUT2D eigenvalue weighted by molar-refractivity contribution is 0.0337. The van der Waals surface area contributed by atoms with E-state index in [-0.39, 0.29) is 19.7 Å². The molecule has 0 aliphatic carbocycles. The Labute approximate surface area is 112 Å². The molecular formula is C14H19FN2O2. The van der Waals surface area contributed by atoms with E-state index >= 15 is 0 Å². The SMILES string of the molecule is NCC1(F)CCCN(C(=O)OCc2ccccc2)C1. The number of piperidine rings is 1. The van der Waals surface area contributed by atoms with Crippen LogP contribution >= 0.6 is 0 Å². The smallest absolute Gasteiger partial charge is 0.410 e. The number of ether oxygens (including phenoxy) is 1. The molecule has 1 aliphatic heterocycles. The molecule has 1 saturated heterocycles. The number of hydrogen-bond donors (Lipinski definition) is 1. The van der Waals surface area contributed by atoms with E-state index in [1.54, 1.807) is 0 Å². The zero-order valence-electron chi connectivity index (χ0n) is 10.8. The van der Waals surface area contributed by atoms with Gasteiger partial charge < -0.3 is 15.4 Å². The third-order valence-electron chi connectivity index (χ3n) is 3.36. The molecular weight excluding hydrogens is 247 g/mol. The van der Waals surface area contributed by atoms with Crippen molar-refractivity contribution in [1.29, 1.82) is 0 Å². The molecule has 104 valence electrons. The van der Waals surface area contributed by atoms with Gasteiger partial charge in [-0.05, 0) is 18.4 Å². The molecule has 19 heavy (non-hydrogen) atoms. The zero-order chi connectivity index (χ0) is 13.7. The maximum atomic E-state index is 14.1. The molecule has 2 rings (SSSR count). The summed E-state index contributed by atoms with van der Waals surface area (Å²) in [5, 5.41) is 0. The Morgan fingerprint density at radius 2 is 2.16 bits per heavy atom. The van der Waals surface area contributed by atoms with Crippen molar-refractivity contribution in [3.63, 3.8) is 0 Å². The van der Waals surface area contributed by atoms with Gasteiger partial charge in [0, 0.05) is 13.1 Å². The van der Waals surface area contributed by atoms with E-state index in [2.05, 4.69) is 0 Å². The fourth-order valence-electron chi connectivity index (χ4n) is 2.22. The lowest BCUT2D eigenvalue weighted by Gasteiger charge is -2.35. The molecule has 0 aromatic heterocycles. The molecule has 0 bridgehead atoms. The first-order valence-corrected chi connectivity index (χ1v) is 6.48. The van der Waals surface area contributed by atoms with Gasteiger partial charge in [0.25, 0.3) is 0 Å². The first-order chi connectivity index (χ1) is 9.13. The highest BCUT2D eigenvalue weighted by Gasteiger charge is 2.36. The monoisotopic (exact) mass is 266 g/mol. The molecule has 4 nitrogen and oxygen atoms in total. The molecule has 0 radical (unpaired) electrons. The van der Waals surface area contributed by atoms with Crippen LogP contribution in [0.1, 0.15) is 18.4 Å². The van der Waals surface area contributed by atoms with Crippen LogP contribution in [0.2, 0.25) is 0 Å². The summed E-state index contributed by atoms with van der Waals surface area (Å²) in [6.45, 7) is 0.698. The second-order valence-electron chi connectivity index (χ2n) is 4.92. The Morgan fingerprint density at radius 3 is 2.84 bits per heavy atom. The quantitative estimate of drug-likeness (QED) is 0.911. The molecule has 1 unspecified atom stereocenters. The van der Waals surface area contributed by atoms with E-state index in [4.69, 9.17) is 10.5 Å². The summed E-state index contributed by atoms with van der Waals surface area (Å²) in [4.78, 5) is 13.3. The van der Waals surface area contributed by atoms with E-state index < -0.39 is 11.8 Å². The van der Waals surface area contributed by atoms with Gasteiger partial charge in [0.1, 0.15) is 12.3 Å². The molecule has 1 atom stereocenters. The van der Waals surface area contributed by atoms with Crippen molar-refractivity contribution in [1.82, 2.24) is 4.90 Å². The molecule has 2 N–H and O–H groups in total. The van der Waals surface area contributed by atoms with Crippen LogP contribution in [0.4, 0.5) is 9.18 Å². The lowest BCUT2D eigenvalue weighted by Crippen LogP contribution is -2.51. The lowest BCUT2D eigenvalue weighted by atomic mass is 9.95. The highest BCUT2D eigenvalue weighted by Crippen LogP contribution is 2.24. The van der Waals surface area contributed by atoms with Gasteiger partial charge >= 0.3 is 6.09 Å². The number of nitrogens with two attached hydrogens (primary N) is 1. The van der Waals surface area contributed by atoms with Gasteiger partial charge in [-0.2, -0.15) is 0 Å². The Kier molecular flexibility index (Phi) is 4.37. The van der Waals surface area contributed by atoms with Crippen molar-refractivity contribution < 1.29 is 13.9 Å². The minimum Gasteiger partial charge on any atom is -0.445 e. The summed E-state index contributed by atoms with van der Waals surface area (Å²) >= 11 is 0. The van der Waals surface area contributed by atoms with E-state index in [0.717, 1.165) is 5.56 Å². The van der Waals surface area contributed by atoms with E-state index in [1.807, 2.05) is 30.3 Å². The van der Waals surface area contributed by atoms with Crippen LogP contribution < -0.4 is 5.73 Å². The fraction of sp³-hybridized carbons (Fsp3) is 0.500. The third kappa shape index (κ3) is 3.67. The van der Waals surface area contributed by atoms with Crippen molar-refractivity contribution in [2.45, 2.75) is 25.1 Å². The van der Waals surface area contributed by atoms with Crippen LogP contribution in [-0.2, 0) is 11.3 Å². The molecule has 5 heteroatoms. The molecule has 1 heterocycles. The molecule has 1 aromatic carbocycles. The number of carbonyl (C=O) groups excluding carboxylic acids is 1. The second-order valence-corrected chi connectivity index (χ2v) is 4.92. The number of hydrogen-bond acceptors (Lipinski definition) is 3. The number of benzene rings is 1. The van der Waals surface area contributed by atoms with Gasteiger partial charge in [-0.15, -0.1) is 0 Å². The van der Waals surface area contributed by atoms with Gasteiger partial charge in [-0.3, -0.25) is 0 Å². The summed E-state index contributed by atoms with van der Waals surface area (Å²) < 4.78 is 19.3. The van der Waals surface area contributed by atoms with Crippen molar-refractivity contribution in [3.05, 3.63) is 35.9 Å². The maximum absolute atomic E-state index is 14.1. The maximum Gasteiger partial charge on any atom is 0.410 e. The van der Waals surface area contributed by atoms with Crippen LogP contribution in [0.5, 0.6) is 0 Å². The molecule has 1 aliphatic rings. The third-order valence-corrected chi connectivity index (χ3v) is 3.36. The minimum atomic E-state index is -1.47. The van der Waals surface area contributed by atoms with E-state index in [1.165, 1.54) is 4.90 Å². The van der Waals surface area contributed by atoms with Crippen molar-refractivity contribution in [2.24, 2.45) is 5.73 Å². The summed E-state index contributed by atoms with van der Waals surface area (Å²) in [5.74, 6) is 0. The Bertz CT molecular complexity index is 427. The highest BCUT2D eigenvalue weighted by atomic mass is 19.1. The van der Waals surface area contributed by atoms with Crippen molar-refractivity contribution in [2.75, 3.05) is 19.6 Å². The topological polar surface area (TPSA) is 55.6 Å². The number of amides is 1. The minimum absolute atomic E-state index is 0.0249. The largest absolute Gasteiger partial charge is 0.445 e. The molecule has 0 saturated carbocycles. The predicted molar refractivity (Wildman–Crippen MR) is 70.3 cm³/mol. The second kappa shape index (κ2) is 6.02. The molecule has 1 amide bonds. The number of nitrogens with zero attached hydrogens (tertiary/aromatic N) is 1. The standard InChI is InChI=1S/C14H19FN2O2/c15-14(10-16)7-4-8-17(11-14)13(18)19-9-12-5-2-1-3-6-12/h1-3,5-6H,4,7-11,16H2. The normalized spacial score (nSPS) is 23.2. The Hall–Kier alpha value is -1.62. The van der Waals surface area contributed by atoms with Crippen molar-refractivity contribution >= 4 is 6.09 Å². The highest BCUT2D eigenvalue weighted by molar-refractivity contribution is 5.67. The Balaban J connectivity index is 1.86. The van der Waals surface area contributed by atoms with Gasteiger partial charge in [0.05, 0.1) is 6.54 Å². The van der Waals surface area contributed by atoms with Crippen LogP contribution in [0, 0.1) is 0 Å². The van der Waals surface area contributed by atoms with Gasteiger partial charge in [-0.25, -0.2) is 9.18 Å². The summed E-state index contributed by atoms with van der Waals surface area (Å²) in [6.07, 6.45) is 0.555. The van der Waals surface area contributed by atoms with Gasteiger partial charge in [0.15, 0.2) is 0 Å². The number of likely N-dealkylation sites (tertiary alicyclic amines) is 1. The number of rotatable bonds is 3. The number of carbonyl (C=O) groups is 1. The summed E-state index contributed by atoms with van der Waals surface area (Å²) in [7, 11) is 0. The molecule has 1 aromatic rings. The predicted octanol–water partition coefficient (Wildman–Crippen LogP) is 2.09. The van der Waals surface area contributed by atoms with Crippen LogP contribution in [0.3, 0.4) is 0 Å². The van der Waals surface area contributed by atoms with Crippen LogP contribution in [-0.4, -0.2) is 36.3 Å². The molecule has 0 spiro atoms. The van der Waals surface area contributed by atoms with Gasteiger partial charge in [-0.1, -0.05) is 30.3 Å². The zero-order valence-corrected chi connectivity index (χ0v) is 10.8. The van der Waals surface area contributed by atoms with E-state index in [9.17, 15) is 9.18 Å². The van der Waals surface area contributed by atoms with Crippen molar-refractivity contribution in [3.8, 4) is 0 Å². The van der Waals surface area contributed by atoms with Crippen LogP contribution in [0.25, 0.3) is 0 Å². The average Bonchev–Trinajstić information content (AvgIpc) is 2.46. The summed E-state index contributed by atoms with van der Waals surface area (Å²) in [6, 6.07) is 9.41. The average molecular weight is 266 g/mol. The van der Waals surface area contributed by atoms with E-state index in [0.29, 0.717) is 19.4 Å².